The average Bonchev–Trinajstić information content (AvgIpc) is 4.03. The molecule has 4 atom stereocenters. The first kappa shape index (κ1) is 44.9. The molecule has 2 amide bonds. The Labute approximate surface area is 359 Å². The number of fused-ring (bicyclic) bond motifs is 2. The number of hydrogen-bond donors (Lipinski definition) is 4. The highest BCUT2D eigenvalue weighted by atomic mass is 16.5. The van der Waals surface area contributed by atoms with E-state index in [2.05, 4.69) is 39.4 Å². The molecule has 3 aromatic heterocycles. The maximum absolute atomic E-state index is 14.5. The van der Waals surface area contributed by atoms with Crippen LogP contribution < -0.4 is 15.5 Å². The summed E-state index contributed by atoms with van der Waals surface area (Å²) in [4.78, 5) is 69.1. The molecule has 1 aliphatic heterocycles. The van der Waals surface area contributed by atoms with Crippen LogP contribution in [-0.4, -0.2) is 76.1 Å². The number of amides is 2. The highest BCUT2D eigenvalue weighted by Crippen LogP contribution is 2.32. The quantitative estimate of drug-likeness (QED) is 0.0336. The molecule has 2 aromatic carbocycles. The van der Waals surface area contributed by atoms with Gasteiger partial charge in [0.05, 0.1) is 13.2 Å². The van der Waals surface area contributed by atoms with Crippen molar-refractivity contribution >= 4 is 51.2 Å². The second-order valence-corrected chi connectivity index (χ2v) is 16.3. The van der Waals surface area contributed by atoms with Crippen molar-refractivity contribution < 1.29 is 28.7 Å². The summed E-state index contributed by atoms with van der Waals surface area (Å²) >= 11 is 0. The number of benzene rings is 2. The summed E-state index contributed by atoms with van der Waals surface area (Å²) in [6.07, 6.45) is 20.8. The third kappa shape index (κ3) is 12.5. The van der Waals surface area contributed by atoms with E-state index in [0.29, 0.717) is 18.5 Å². The smallest absolute Gasteiger partial charge is 0.328 e. The molecular weight excluding hydrogens is 769 g/mol. The van der Waals surface area contributed by atoms with Crippen molar-refractivity contribution in [3.05, 3.63) is 96.6 Å². The molecule has 61 heavy (non-hydrogen) atoms. The lowest BCUT2D eigenvalue weighted by molar-refractivity contribution is -0.148. The maximum atomic E-state index is 14.5. The number of nitrogens with one attached hydrogen (secondary N) is 4. The van der Waals surface area contributed by atoms with Gasteiger partial charge in [-0.05, 0) is 61.1 Å². The van der Waals surface area contributed by atoms with E-state index in [-0.39, 0.29) is 37.9 Å². The number of unbranched alkanes of at least 4 members (excludes halogenated alkanes) is 10. The van der Waals surface area contributed by atoms with Gasteiger partial charge in [-0.15, -0.1) is 0 Å². The maximum Gasteiger partial charge on any atom is 0.328 e. The molecule has 326 valence electrons. The van der Waals surface area contributed by atoms with Crippen LogP contribution in [0.4, 0.5) is 5.69 Å². The number of esters is 2. The lowest BCUT2D eigenvalue weighted by Gasteiger charge is -2.32. The molecular formula is C49H64N6O6. The zero-order chi connectivity index (χ0) is 42.8. The molecule has 0 aliphatic carbocycles. The zero-order valence-corrected chi connectivity index (χ0v) is 36.0. The highest BCUT2D eigenvalue weighted by molar-refractivity contribution is 5.96. The number of aromatic nitrogens is 3. The van der Waals surface area contributed by atoms with Crippen LogP contribution >= 0.6 is 0 Å². The van der Waals surface area contributed by atoms with Crippen LogP contribution in [0.25, 0.3) is 21.8 Å². The molecule has 0 spiro atoms. The van der Waals surface area contributed by atoms with Crippen LogP contribution in [0.5, 0.6) is 0 Å². The fourth-order valence-corrected chi connectivity index (χ4v) is 8.48. The number of hydrogen-bond acceptors (Lipinski definition) is 8. The number of rotatable bonds is 25. The van der Waals surface area contributed by atoms with Gasteiger partial charge < -0.3 is 35.0 Å². The van der Waals surface area contributed by atoms with Crippen LogP contribution in [0.15, 0.2) is 85.5 Å². The van der Waals surface area contributed by atoms with Gasteiger partial charge in [0.15, 0.2) is 0 Å². The summed E-state index contributed by atoms with van der Waals surface area (Å²) < 4.78 is 11.6. The molecule has 4 heterocycles. The Morgan fingerprint density at radius 3 is 1.51 bits per heavy atom. The summed E-state index contributed by atoms with van der Waals surface area (Å²) in [6.45, 7) is 4.92. The number of para-hydroxylation sites is 2. The van der Waals surface area contributed by atoms with Crippen LogP contribution in [0, 0.1) is 0 Å². The summed E-state index contributed by atoms with van der Waals surface area (Å²) in [7, 11) is 0. The van der Waals surface area contributed by atoms with Crippen LogP contribution in [-0.2, 0) is 41.5 Å². The number of carbonyl (C=O) groups excluding carboxylic acids is 4. The molecule has 6 rings (SSSR count). The van der Waals surface area contributed by atoms with Gasteiger partial charge in [0.2, 0.25) is 11.8 Å². The lowest BCUT2D eigenvalue weighted by atomic mass is 10.0. The van der Waals surface area contributed by atoms with Crippen LogP contribution in [0.3, 0.4) is 0 Å². The molecule has 1 saturated heterocycles. The topological polar surface area (TPSA) is 159 Å². The van der Waals surface area contributed by atoms with Crippen molar-refractivity contribution in [1.82, 2.24) is 25.6 Å². The zero-order valence-electron chi connectivity index (χ0n) is 36.0. The fraction of sp³-hybridized carbons (Fsp3) is 0.490. The van der Waals surface area contributed by atoms with E-state index < -0.39 is 36.1 Å². The van der Waals surface area contributed by atoms with Crippen molar-refractivity contribution in [2.75, 3.05) is 18.1 Å². The van der Waals surface area contributed by atoms with E-state index in [1.807, 2.05) is 60.9 Å². The van der Waals surface area contributed by atoms with Gasteiger partial charge in [-0.1, -0.05) is 114 Å². The molecule has 2 unspecified atom stereocenters. The molecule has 12 nitrogen and oxygen atoms in total. The Balaban J connectivity index is 1.18. The van der Waals surface area contributed by atoms with Gasteiger partial charge >= 0.3 is 11.9 Å². The SMILES string of the molecule is CCCCCCCCOC(=O)[C@H](Cc1c[nH]c2ccccc12)NC(=O)C1CCC(C(=O)N[C@@H](Cc2c[nH]c3ccccc23)C(=O)OCCCCCCCC)N1c1ccncc1. The minimum absolute atomic E-state index is 0.230. The number of H-pyrrole nitrogens is 2. The fourth-order valence-electron chi connectivity index (χ4n) is 8.48. The van der Waals surface area contributed by atoms with Crippen molar-refractivity contribution in [1.29, 1.82) is 0 Å². The molecule has 0 radical (unpaired) electrons. The van der Waals surface area contributed by atoms with Gasteiger partial charge in [-0.3, -0.25) is 14.6 Å². The summed E-state index contributed by atoms with van der Waals surface area (Å²) in [5.74, 6) is -1.76. The van der Waals surface area contributed by atoms with E-state index in [4.69, 9.17) is 9.47 Å². The van der Waals surface area contributed by atoms with Crippen molar-refractivity contribution in [3.63, 3.8) is 0 Å². The number of aromatic amines is 2. The number of nitrogens with zero attached hydrogens (tertiary/aromatic N) is 2. The molecule has 0 saturated carbocycles. The third-order valence-corrected chi connectivity index (χ3v) is 11.8. The van der Waals surface area contributed by atoms with Crippen molar-refractivity contribution in [3.8, 4) is 0 Å². The van der Waals surface area contributed by atoms with Gasteiger partial charge in [0, 0.05) is 65.1 Å². The van der Waals surface area contributed by atoms with Crippen LogP contribution in [0.2, 0.25) is 0 Å². The largest absolute Gasteiger partial charge is 0.464 e. The standard InChI is InChI=1S/C49H64N6O6/c1-3-5-7-9-11-17-29-60-48(58)42(31-35-33-51-40-21-15-13-19-38(35)40)53-46(56)44-23-24-45(55(44)37-25-27-50-28-26-37)47(57)54-43(49(59)61-30-18-12-10-8-6-4-2)32-36-34-52-41-22-16-14-20-39(36)41/h13-16,19-22,25-28,33-34,42-45,51-52H,3-12,17-18,23-24,29-32H2,1-2H3,(H,53,56)(H,54,57)/t42-,43-,44?,45?/m0/s1. The number of pyridine rings is 1. The number of anilines is 1. The Morgan fingerprint density at radius 2 is 1.05 bits per heavy atom. The van der Waals surface area contributed by atoms with Gasteiger partial charge in [-0.25, -0.2) is 9.59 Å². The first-order chi connectivity index (χ1) is 29.9. The summed E-state index contributed by atoms with van der Waals surface area (Å²) in [6, 6.07) is 15.7. The first-order valence-corrected chi connectivity index (χ1v) is 22.6. The number of carbonyl (C=O) groups is 4. The lowest BCUT2D eigenvalue weighted by Crippen LogP contribution is -2.56. The minimum Gasteiger partial charge on any atom is -0.464 e. The third-order valence-electron chi connectivity index (χ3n) is 11.8. The second-order valence-electron chi connectivity index (χ2n) is 16.3. The van der Waals surface area contributed by atoms with Gasteiger partial charge in [-0.2, -0.15) is 0 Å². The van der Waals surface area contributed by atoms with E-state index in [1.54, 1.807) is 29.4 Å². The van der Waals surface area contributed by atoms with Crippen molar-refractivity contribution in [2.45, 2.75) is 141 Å². The monoisotopic (exact) mass is 832 g/mol. The number of ether oxygens (including phenoxy) is 2. The van der Waals surface area contributed by atoms with Gasteiger partial charge in [0.1, 0.15) is 24.2 Å². The Kier molecular flexibility index (Phi) is 17.2. The molecule has 4 N–H and O–H groups in total. The minimum atomic E-state index is -0.957. The normalized spacial score (nSPS) is 16.1. The first-order valence-electron chi connectivity index (χ1n) is 22.6. The highest BCUT2D eigenvalue weighted by Gasteiger charge is 2.43. The predicted octanol–water partition coefficient (Wildman–Crippen LogP) is 8.64. The molecule has 5 aromatic rings. The van der Waals surface area contributed by atoms with E-state index in [1.165, 1.54) is 12.8 Å². The summed E-state index contributed by atoms with van der Waals surface area (Å²) in [5.41, 5.74) is 4.27. The Bertz CT molecular complexity index is 2020. The molecule has 12 heteroatoms. The Morgan fingerprint density at radius 1 is 0.623 bits per heavy atom. The van der Waals surface area contributed by atoms with Gasteiger partial charge in [0.25, 0.3) is 0 Å². The van der Waals surface area contributed by atoms with E-state index >= 15 is 0 Å². The van der Waals surface area contributed by atoms with Crippen molar-refractivity contribution in [2.24, 2.45) is 0 Å². The van der Waals surface area contributed by atoms with Crippen LogP contribution in [0.1, 0.15) is 115 Å². The van der Waals surface area contributed by atoms with E-state index in [9.17, 15) is 19.2 Å². The van der Waals surface area contributed by atoms with E-state index in [0.717, 1.165) is 97.1 Å². The predicted molar refractivity (Wildman–Crippen MR) is 240 cm³/mol. The summed E-state index contributed by atoms with van der Waals surface area (Å²) in [5, 5.41) is 8.03. The molecule has 1 fully saturated rings. The second kappa shape index (κ2) is 23.4. The molecule has 1 aliphatic rings. The Hall–Kier alpha value is -5.65. The molecule has 0 bridgehead atoms. The average molecular weight is 833 g/mol.